The fraction of sp³-hybridized carbons (Fsp3) is 0.125. The standard InChI is InChI=1S/C16H12ClNO5S/c17-11-1-5-13(6-2-11)23-24(21,22)14-7-3-12(4-8-14)18-15(19)9-10-16(18)20/h1-8H,9-10H2. The van der Waals surface area contributed by atoms with Crippen molar-refractivity contribution in [1.29, 1.82) is 0 Å². The predicted molar refractivity (Wildman–Crippen MR) is 87.4 cm³/mol. The minimum atomic E-state index is -4.02. The van der Waals surface area contributed by atoms with Crippen molar-refractivity contribution in [2.24, 2.45) is 0 Å². The molecule has 0 unspecified atom stereocenters. The highest BCUT2D eigenvalue weighted by Crippen LogP contribution is 2.25. The van der Waals surface area contributed by atoms with Gasteiger partial charge in [-0.1, -0.05) is 11.6 Å². The Kier molecular flexibility index (Phi) is 4.29. The van der Waals surface area contributed by atoms with Gasteiger partial charge in [-0.25, -0.2) is 0 Å². The molecule has 24 heavy (non-hydrogen) atoms. The van der Waals surface area contributed by atoms with Gasteiger partial charge in [0.25, 0.3) is 0 Å². The van der Waals surface area contributed by atoms with E-state index in [1.807, 2.05) is 0 Å². The highest BCUT2D eigenvalue weighted by molar-refractivity contribution is 7.87. The number of nitrogens with zero attached hydrogens (tertiary/aromatic N) is 1. The summed E-state index contributed by atoms with van der Waals surface area (Å²) in [6.07, 6.45) is 0.330. The average Bonchev–Trinajstić information content (AvgIpc) is 2.88. The molecule has 1 fully saturated rings. The summed E-state index contributed by atoms with van der Waals surface area (Å²) in [5.41, 5.74) is 0.341. The molecule has 0 N–H and O–H groups in total. The molecule has 1 aliphatic heterocycles. The van der Waals surface area contributed by atoms with Crippen LogP contribution >= 0.6 is 11.6 Å². The van der Waals surface area contributed by atoms with Crippen molar-refractivity contribution in [3.05, 3.63) is 53.6 Å². The summed E-state index contributed by atoms with van der Waals surface area (Å²) in [6.45, 7) is 0. The van der Waals surface area contributed by atoms with Crippen LogP contribution in [0.2, 0.25) is 5.02 Å². The molecule has 2 aromatic carbocycles. The first-order valence-electron chi connectivity index (χ1n) is 7.03. The van der Waals surface area contributed by atoms with E-state index in [4.69, 9.17) is 15.8 Å². The van der Waals surface area contributed by atoms with E-state index in [1.54, 1.807) is 0 Å². The van der Waals surface area contributed by atoms with Gasteiger partial charge in [-0.2, -0.15) is 8.42 Å². The molecule has 0 atom stereocenters. The van der Waals surface area contributed by atoms with Gasteiger partial charge in [-0.3, -0.25) is 14.5 Å². The molecule has 0 spiro atoms. The van der Waals surface area contributed by atoms with E-state index < -0.39 is 10.1 Å². The third kappa shape index (κ3) is 3.27. The molecule has 0 aliphatic carbocycles. The highest BCUT2D eigenvalue weighted by atomic mass is 35.5. The topological polar surface area (TPSA) is 80.8 Å². The summed E-state index contributed by atoms with van der Waals surface area (Å²) in [7, 11) is -4.02. The van der Waals surface area contributed by atoms with Gasteiger partial charge in [0.15, 0.2) is 0 Å². The maximum atomic E-state index is 12.2. The first kappa shape index (κ1) is 16.5. The minimum Gasteiger partial charge on any atom is -0.379 e. The van der Waals surface area contributed by atoms with E-state index in [1.165, 1.54) is 48.5 Å². The zero-order chi connectivity index (χ0) is 17.3. The Morgan fingerprint density at radius 1 is 0.875 bits per heavy atom. The third-order valence-electron chi connectivity index (χ3n) is 3.45. The van der Waals surface area contributed by atoms with Crippen LogP contribution in [0.4, 0.5) is 5.69 Å². The Hall–Kier alpha value is -2.38. The number of imide groups is 1. The number of carbonyl (C=O) groups excluding carboxylic acids is 2. The zero-order valence-corrected chi connectivity index (χ0v) is 13.9. The smallest absolute Gasteiger partial charge is 0.339 e. The van der Waals surface area contributed by atoms with E-state index in [-0.39, 0.29) is 35.3 Å². The summed E-state index contributed by atoms with van der Waals surface area (Å²) >= 11 is 5.74. The van der Waals surface area contributed by atoms with Crippen molar-refractivity contribution in [3.8, 4) is 5.75 Å². The fourth-order valence-corrected chi connectivity index (χ4v) is 3.35. The molecule has 0 radical (unpaired) electrons. The number of hydrogen-bond donors (Lipinski definition) is 0. The Labute approximate surface area is 143 Å². The fourth-order valence-electron chi connectivity index (χ4n) is 2.29. The molecule has 8 heteroatoms. The largest absolute Gasteiger partial charge is 0.379 e. The molecule has 3 rings (SSSR count). The second-order valence-corrected chi connectivity index (χ2v) is 7.09. The van der Waals surface area contributed by atoms with Gasteiger partial charge < -0.3 is 4.18 Å². The SMILES string of the molecule is O=C1CCC(=O)N1c1ccc(S(=O)(=O)Oc2ccc(Cl)cc2)cc1. The van der Waals surface area contributed by atoms with E-state index in [0.29, 0.717) is 10.7 Å². The van der Waals surface area contributed by atoms with Gasteiger partial charge in [-0.05, 0) is 48.5 Å². The van der Waals surface area contributed by atoms with Gasteiger partial charge in [-0.15, -0.1) is 0 Å². The normalized spacial score (nSPS) is 15.0. The number of rotatable bonds is 4. The number of carbonyl (C=O) groups is 2. The van der Waals surface area contributed by atoms with Crippen LogP contribution in [-0.2, 0) is 19.7 Å². The lowest BCUT2D eigenvalue weighted by Gasteiger charge is -2.14. The lowest BCUT2D eigenvalue weighted by Crippen LogP contribution is -2.28. The van der Waals surface area contributed by atoms with Gasteiger partial charge in [0.05, 0.1) is 5.69 Å². The monoisotopic (exact) mass is 365 g/mol. The summed E-state index contributed by atoms with van der Waals surface area (Å²) in [6, 6.07) is 11.3. The predicted octanol–water partition coefficient (Wildman–Crippen LogP) is 2.76. The lowest BCUT2D eigenvalue weighted by molar-refractivity contribution is -0.121. The van der Waals surface area contributed by atoms with Crippen LogP contribution in [0.3, 0.4) is 0 Å². The van der Waals surface area contributed by atoms with Crippen molar-refractivity contribution >= 4 is 39.2 Å². The summed E-state index contributed by atoms with van der Waals surface area (Å²) in [5, 5.41) is 0.462. The molecule has 1 saturated heterocycles. The molecule has 1 heterocycles. The maximum absolute atomic E-state index is 12.2. The van der Waals surface area contributed by atoms with Crippen LogP contribution in [0.1, 0.15) is 12.8 Å². The molecule has 0 bridgehead atoms. The zero-order valence-electron chi connectivity index (χ0n) is 12.3. The first-order valence-corrected chi connectivity index (χ1v) is 8.81. The van der Waals surface area contributed by atoms with Crippen LogP contribution < -0.4 is 9.08 Å². The summed E-state index contributed by atoms with van der Waals surface area (Å²) in [5.74, 6) is -0.464. The Balaban J connectivity index is 1.83. The molecule has 6 nitrogen and oxygen atoms in total. The molecule has 0 saturated carbocycles. The van der Waals surface area contributed by atoms with Crippen molar-refractivity contribution < 1.29 is 22.2 Å². The van der Waals surface area contributed by atoms with Crippen LogP contribution in [-0.4, -0.2) is 20.2 Å². The van der Waals surface area contributed by atoms with Gasteiger partial charge in [0.2, 0.25) is 11.8 Å². The van der Waals surface area contributed by atoms with Crippen LogP contribution in [0.15, 0.2) is 53.4 Å². The Bertz CT molecular complexity index is 875. The number of anilines is 1. The molecular formula is C16H12ClNO5S. The van der Waals surface area contributed by atoms with Crippen molar-refractivity contribution in [3.63, 3.8) is 0 Å². The molecular weight excluding hydrogens is 354 g/mol. The molecule has 2 aromatic rings. The number of amides is 2. The Morgan fingerprint density at radius 3 is 1.96 bits per heavy atom. The third-order valence-corrected chi connectivity index (χ3v) is 4.97. The van der Waals surface area contributed by atoms with E-state index in [0.717, 1.165) is 4.90 Å². The number of benzene rings is 2. The van der Waals surface area contributed by atoms with Crippen molar-refractivity contribution in [2.45, 2.75) is 17.7 Å². The quantitative estimate of drug-likeness (QED) is 0.614. The van der Waals surface area contributed by atoms with Crippen LogP contribution in [0.25, 0.3) is 0 Å². The van der Waals surface area contributed by atoms with Crippen LogP contribution in [0.5, 0.6) is 5.75 Å². The van der Waals surface area contributed by atoms with Crippen molar-refractivity contribution in [1.82, 2.24) is 0 Å². The molecule has 2 amide bonds. The molecule has 0 aromatic heterocycles. The van der Waals surface area contributed by atoms with Gasteiger partial charge >= 0.3 is 10.1 Å². The summed E-state index contributed by atoms with van der Waals surface area (Å²) in [4.78, 5) is 24.3. The van der Waals surface area contributed by atoms with E-state index >= 15 is 0 Å². The molecule has 1 aliphatic rings. The van der Waals surface area contributed by atoms with Gasteiger partial charge in [0.1, 0.15) is 10.6 Å². The average molecular weight is 366 g/mol. The number of halogens is 1. The second kappa shape index (κ2) is 6.26. The second-order valence-electron chi connectivity index (χ2n) is 5.11. The van der Waals surface area contributed by atoms with E-state index in [9.17, 15) is 18.0 Å². The van der Waals surface area contributed by atoms with E-state index in [2.05, 4.69) is 0 Å². The minimum absolute atomic E-state index is 0.0831. The first-order chi connectivity index (χ1) is 11.4. The summed E-state index contributed by atoms with van der Waals surface area (Å²) < 4.78 is 29.5. The number of hydrogen-bond acceptors (Lipinski definition) is 5. The molecule has 124 valence electrons. The Morgan fingerprint density at radius 2 is 1.42 bits per heavy atom. The highest BCUT2D eigenvalue weighted by Gasteiger charge is 2.30. The maximum Gasteiger partial charge on any atom is 0.339 e. The van der Waals surface area contributed by atoms with Crippen LogP contribution in [0, 0.1) is 0 Å². The lowest BCUT2D eigenvalue weighted by atomic mass is 10.3. The van der Waals surface area contributed by atoms with Crippen molar-refractivity contribution in [2.75, 3.05) is 4.90 Å². The van der Waals surface area contributed by atoms with Gasteiger partial charge in [0, 0.05) is 17.9 Å².